The number of imidazole rings is 1. The third-order valence-electron chi connectivity index (χ3n) is 2.68. The van der Waals surface area contributed by atoms with E-state index in [1.807, 2.05) is 19.2 Å². The molecule has 0 spiro atoms. The average molecular weight is 290 g/mol. The Morgan fingerprint density at radius 1 is 1.29 bits per heavy atom. The van der Waals surface area contributed by atoms with Gasteiger partial charge in [0.1, 0.15) is 11.8 Å². The lowest BCUT2D eigenvalue weighted by molar-refractivity contribution is 0.883. The molecule has 1 aromatic heterocycles. The molecule has 0 saturated heterocycles. The summed E-state index contributed by atoms with van der Waals surface area (Å²) in [6.45, 7) is 0. The van der Waals surface area contributed by atoms with Crippen molar-refractivity contribution in [1.29, 1.82) is 5.26 Å². The van der Waals surface area contributed by atoms with Gasteiger partial charge in [0, 0.05) is 11.5 Å². The van der Waals surface area contributed by atoms with Crippen LogP contribution in [-0.4, -0.2) is 9.55 Å². The standard InChI is InChI=1S/C13H12BrN3/c1-17-9-16-12(13(17)8-15)7-4-10-2-5-11(14)6-3-10/h2-3,5-6,9H,4,7H2,1H3. The molecule has 0 N–H and O–H groups in total. The van der Waals surface area contributed by atoms with Crippen LogP contribution in [0.3, 0.4) is 0 Å². The maximum atomic E-state index is 9.00. The highest BCUT2D eigenvalue weighted by Crippen LogP contribution is 2.13. The fraction of sp³-hybridized carbons (Fsp3) is 0.231. The van der Waals surface area contributed by atoms with Gasteiger partial charge in [0.05, 0.1) is 12.0 Å². The number of nitrogens with zero attached hydrogens (tertiary/aromatic N) is 3. The van der Waals surface area contributed by atoms with Crippen LogP contribution in [0.5, 0.6) is 0 Å². The zero-order chi connectivity index (χ0) is 12.3. The lowest BCUT2D eigenvalue weighted by atomic mass is 10.1. The molecule has 4 heteroatoms. The quantitative estimate of drug-likeness (QED) is 0.872. The van der Waals surface area contributed by atoms with Crippen LogP contribution >= 0.6 is 15.9 Å². The monoisotopic (exact) mass is 289 g/mol. The van der Waals surface area contributed by atoms with Gasteiger partial charge in [0.2, 0.25) is 0 Å². The Morgan fingerprint density at radius 2 is 2.00 bits per heavy atom. The Kier molecular flexibility index (Phi) is 3.60. The molecule has 0 amide bonds. The van der Waals surface area contributed by atoms with E-state index in [1.54, 1.807) is 10.9 Å². The molecule has 2 rings (SSSR count). The molecule has 0 bridgehead atoms. The van der Waals surface area contributed by atoms with Gasteiger partial charge in [-0.15, -0.1) is 0 Å². The number of hydrogen-bond donors (Lipinski definition) is 0. The Labute approximate surface area is 109 Å². The molecule has 86 valence electrons. The summed E-state index contributed by atoms with van der Waals surface area (Å²) < 4.78 is 2.84. The first kappa shape index (κ1) is 11.9. The number of halogens is 1. The van der Waals surface area contributed by atoms with E-state index in [2.05, 4.69) is 39.1 Å². The van der Waals surface area contributed by atoms with Crippen LogP contribution in [0.2, 0.25) is 0 Å². The summed E-state index contributed by atoms with van der Waals surface area (Å²) in [5.74, 6) is 0. The van der Waals surface area contributed by atoms with E-state index in [0.29, 0.717) is 5.69 Å². The van der Waals surface area contributed by atoms with Gasteiger partial charge < -0.3 is 4.57 Å². The predicted molar refractivity (Wildman–Crippen MR) is 69.5 cm³/mol. The van der Waals surface area contributed by atoms with Crippen molar-refractivity contribution in [2.75, 3.05) is 0 Å². The van der Waals surface area contributed by atoms with E-state index in [1.165, 1.54) is 5.56 Å². The van der Waals surface area contributed by atoms with Gasteiger partial charge in [-0.25, -0.2) is 4.98 Å². The second-order valence-electron chi connectivity index (χ2n) is 3.89. The molecule has 1 heterocycles. The highest BCUT2D eigenvalue weighted by Gasteiger charge is 2.07. The van der Waals surface area contributed by atoms with Gasteiger partial charge in [-0.05, 0) is 30.5 Å². The molecule has 0 aliphatic rings. The molecule has 0 aliphatic carbocycles. The largest absolute Gasteiger partial charge is 0.325 e. The van der Waals surface area contributed by atoms with E-state index in [9.17, 15) is 0 Å². The number of benzene rings is 1. The van der Waals surface area contributed by atoms with E-state index in [-0.39, 0.29) is 0 Å². The molecule has 17 heavy (non-hydrogen) atoms. The van der Waals surface area contributed by atoms with E-state index < -0.39 is 0 Å². The normalized spacial score (nSPS) is 10.2. The summed E-state index contributed by atoms with van der Waals surface area (Å²) >= 11 is 3.41. The second-order valence-corrected chi connectivity index (χ2v) is 4.80. The van der Waals surface area contributed by atoms with Gasteiger partial charge in [-0.1, -0.05) is 28.1 Å². The molecule has 0 atom stereocenters. The van der Waals surface area contributed by atoms with Crippen molar-refractivity contribution < 1.29 is 0 Å². The van der Waals surface area contributed by atoms with E-state index in [4.69, 9.17) is 5.26 Å². The minimum atomic E-state index is 0.655. The summed E-state index contributed by atoms with van der Waals surface area (Å²) in [6, 6.07) is 10.4. The topological polar surface area (TPSA) is 41.6 Å². The summed E-state index contributed by atoms with van der Waals surface area (Å²) in [5, 5.41) is 9.00. The predicted octanol–water partition coefficient (Wildman–Crippen LogP) is 2.84. The summed E-state index contributed by atoms with van der Waals surface area (Å²) in [7, 11) is 1.84. The second kappa shape index (κ2) is 5.15. The highest BCUT2D eigenvalue weighted by atomic mass is 79.9. The number of nitriles is 1. The van der Waals surface area contributed by atoms with Crippen molar-refractivity contribution in [3.8, 4) is 6.07 Å². The zero-order valence-electron chi connectivity index (χ0n) is 9.52. The van der Waals surface area contributed by atoms with Gasteiger partial charge in [0.15, 0.2) is 0 Å². The number of rotatable bonds is 3. The summed E-state index contributed by atoms with van der Waals surface area (Å²) in [6.07, 6.45) is 3.39. The first-order chi connectivity index (χ1) is 8.20. The van der Waals surface area contributed by atoms with Crippen molar-refractivity contribution >= 4 is 15.9 Å². The molecular formula is C13H12BrN3. The number of hydrogen-bond acceptors (Lipinski definition) is 2. The number of aromatic nitrogens is 2. The van der Waals surface area contributed by atoms with E-state index in [0.717, 1.165) is 23.0 Å². The third kappa shape index (κ3) is 2.75. The molecule has 0 radical (unpaired) electrons. The van der Waals surface area contributed by atoms with Crippen molar-refractivity contribution in [1.82, 2.24) is 9.55 Å². The summed E-state index contributed by atoms with van der Waals surface area (Å²) in [5.41, 5.74) is 2.78. The fourth-order valence-corrected chi connectivity index (χ4v) is 1.98. The van der Waals surface area contributed by atoms with Crippen LogP contribution in [0, 0.1) is 11.3 Å². The molecule has 1 aromatic carbocycles. The average Bonchev–Trinajstić information content (AvgIpc) is 2.69. The number of aryl methyl sites for hydroxylation is 3. The van der Waals surface area contributed by atoms with Crippen LogP contribution in [0.25, 0.3) is 0 Å². The Hall–Kier alpha value is -1.60. The minimum Gasteiger partial charge on any atom is -0.325 e. The molecule has 3 nitrogen and oxygen atoms in total. The first-order valence-corrected chi connectivity index (χ1v) is 6.14. The van der Waals surface area contributed by atoms with Crippen LogP contribution in [0.15, 0.2) is 35.1 Å². The van der Waals surface area contributed by atoms with Crippen molar-refractivity contribution in [3.05, 3.63) is 52.0 Å². The Bertz CT molecular complexity index is 549. The van der Waals surface area contributed by atoms with Crippen LogP contribution < -0.4 is 0 Å². The van der Waals surface area contributed by atoms with Gasteiger partial charge in [-0.2, -0.15) is 5.26 Å². The zero-order valence-corrected chi connectivity index (χ0v) is 11.1. The highest BCUT2D eigenvalue weighted by molar-refractivity contribution is 9.10. The lowest BCUT2D eigenvalue weighted by Crippen LogP contribution is -1.97. The third-order valence-corrected chi connectivity index (χ3v) is 3.21. The van der Waals surface area contributed by atoms with Crippen molar-refractivity contribution in [2.45, 2.75) is 12.8 Å². The molecule has 0 unspecified atom stereocenters. The van der Waals surface area contributed by atoms with Crippen LogP contribution in [-0.2, 0) is 19.9 Å². The molecule has 0 fully saturated rings. The maximum absolute atomic E-state index is 9.00. The summed E-state index contributed by atoms with van der Waals surface area (Å²) in [4.78, 5) is 4.25. The minimum absolute atomic E-state index is 0.655. The Balaban J connectivity index is 2.08. The van der Waals surface area contributed by atoms with Crippen molar-refractivity contribution in [2.24, 2.45) is 7.05 Å². The van der Waals surface area contributed by atoms with E-state index >= 15 is 0 Å². The first-order valence-electron chi connectivity index (χ1n) is 5.35. The smallest absolute Gasteiger partial charge is 0.142 e. The molecule has 2 aromatic rings. The van der Waals surface area contributed by atoms with Gasteiger partial charge in [0.25, 0.3) is 0 Å². The van der Waals surface area contributed by atoms with Crippen molar-refractivity contribution in [3.63, 3.8) is 0 Å². The Morgan fingerprint density at radius 3 is 2.65 bits per heavy atom. The SMILES string of the molecule is Cn1cnc(CCc2ccc(Br)cc2)c1C#N. The lowest BCUT2D eigenvalue weighted by Gasteiger charge is -2.00. The molecule has 0 aliphatic heterocycles. The van der Waals surface area contributed by atoms with Crippen LogP contribution in [0.4, 0.5) is 0 Å². The van der Waals surface area contributed by atoms with Gasteiger partial charge >= 0.3 is 0 Å². The molecule has 0 saturated carbocycles. The van der Waals surface area contributed by atoms with Gasteiger partial charge in [-0.3, -0.25) is 0 Å². The van der Waals surface area contributed by atoms with Crippen LogP contribution in [0.1, 0.15) is 17.0 Å². The maximum Gasteiger partial charge on any atom is 0.142 e. The fourth-order valence-electron chi connectivity index (χ4n) is 1.72. The molecular weight excluding hydrogens is 278 g/mol.